The number of aryl methyl sites for hydroxylation is 1. The Morgan fingerprint density at radius 1 is 1.00 bits per heavy atom. The molecule has 6 nitrogen and oxygen atoms in total. The van der Waals surface area contributed by atoms with Crippen LogP contribution in [0.15, 0.2) is 48.5 Å². The molecule has 0 atom stereocenters. The summed E-state index contributed by atoms with van der Waals surface area (Å²) >= 11 is 0. The zero-order chi connectivity index (χ0) is 20.9. The molecule has 3 aromatic rings. The highest BCUT2D eigenvalue weighted by atomic mass is 16.5. The summed E-state index contributed by atoms with van der Waals surface area (Å²) in [5, 5.41) is 4.86. The molecule has 0 amide bonds. The lowest BCUT2D eigenvalue weighted by molar-refractivity contribution is 0.254. The number of para-hydroxylation sites is 1. The molecule has 158 valence electrons. The molecule has 0 bridgehead atoms. The number of aromatic nitrogens is 2. The van der Waals surface area contributed by atoms with Gasteiger partial charge >= 0.3 is 0 Å². The molecule has 0 radical (unpaired) electrons. The standard InChI is InChI=1S/C24H29N3O3/c1-4-30-21-11-9-18(10-12-21)22-15-20-17-26(13-6-14-27(20)25-22)16-19-7-5-8-23(28-2)24(19)29-3/h5,7-12,15H,4,6,13-14,16-17H2,1-3H3. The van der Waals surface area contributed by atoms with Crippen LogP contribution < -0.4 is 14.2 Å². The number of nitrogens with zero attached hydrogens (tertiary/aromatic N) is 3. The topological polar surface area (TPSA) is 48.8 Å². The minimum absolute atomic E-state index is 0.673. The molecule has 0 N–H and O–H groups in total. The molecule has 2 heterocycles. The van der Waals surface area contributed by atoms with Gasteiger partial charge in [0.15, 0.2) is 11.5 Å². The number of rotatable bonds is 7. The molecular weight excluding hydrogens is 378 g/mol. The Kier molecular flexibility index (Phi) is 6.23. The zero-order valence-electron chi connectivity index (χ0n) is 17.9. The maximum absolute atomic E-state index is 5.62. The second-order valence-electron chi connectivity index (χ2n) is 7.42. The number of hydrogen-bond acceptors (Lipinski definition) is 5. The van der Waals surface area contributed by atoms with Gasteiger partial charge in [-0.05, 0) is 49.7 Å². The van der Waals surface area contributed by atoms with Crippen molar-refractivity contribution in [2.45, 2.75) is 33.0 Å². The van der Waals surface area contributed by atoms with E-state index < -0.39 is 0 Å². The number of benzene rings is 2. The second kappa shape index (κ2) is 9.22. The van der Waals surface area contributed by atoms with Crippen LogP contribution in [0, 0.1) is 0 Å². The molecule has 1 aliphatic rings. The lowest BCUT2D eigenvalue weighted by Crippen LogP contribution is -2.23. The van der Waals surface area contributed by atoms with Crippen LogP contribution in [0.25, 0.3) is 11.3 Å². The summed E-state index contributed by atoms with van der Waals surface area (Å²) in [5.74, 6) is 2.47. The van der Waals surface area contributed by atoms with Crippen molar-refractivity contribution in [3.05, 3.63) is 59.8 Å². The van der Waals surface area contributed by atoms with Gasteiger partial charge in [-0.15, -0.1) is 0 Å². The average molecular weight is 408 g/mol. The van der Waals surface area contributed by atoms with E-state index in [9.17, 15) is 0 Å². The fourth-order valence-corrected chi connectivity index (χ4v) is 4.01. The molecule has 1 aliphatic heterocycles. The van der Waals surface area contributed by atoms with E-state index in [-0.39, 0.29) is 0 Å². The quantitative estimate of drug-likeness (QED) is 0.582. The van der Waals surface area contributed by atoms with Gasteiger partial charge in [0, 0.05) is 37.3 Å². The van der Waals surface area contributed by atoms with Crippen molar-refractivity contribution in [1.82, 2.24) is 14.7 Å². The second-order valence-corrected chi connectivity index (χ2v) is 7.42. The average Bonchev–Trinajstić information content (AvgIpc) is 3.07. The van der Waals surface area contributed by atoms with E-state index in [0.29, 0.717) is 6.61 Å². The highest BCUT2D eigenvalue weighted by Gasteiger charge is 2.19. The predicted octanol–water partition coefficient (Wildman–Crippen LogP) is 4.37. The molecular formula is C24H29N3O3. The van der Waals surface area contributed by atoms with Crippen molar-refractivity contribution in [2.24, 2.45) is 0 Å². The molecule has 6 heteroatoms. The Morgan fingerprint density at radius 2 is 1.83 bits per heavy atom. The summed E-state index contributed by atoms with van der Waals surface area (Å²) in [4.78, 5) is 2.44. The maximum Gasteiger partial charge on any atom is 0.165 e. The first-order chi connectivity index (χ1) is 14.7. The largest absolute Gasteiger partial charge is 0.494 e. The van der Waals surface area contributed by atoms with E-state index in [2.05, 4.69) is 33.8 Å². The van der Waals surface area contributed by atoms with E-state index in [4.69, 9.17) is 19.3 Å². The van der Waals surface area contributed by atoms with Gasteiger partial charge in [-0.1, -0.05) is 12.1 Å². The van der Waals surface area contributed by atoms with Gasteiger partial charge in [-0.25, -0.2) is 0 Å². The summed E-state index contributed by atoms with van der Waals surface area (Å²) in [6, 6.07) is 16.4. The van der Waals surface area contributed by atoms with Crippen LogP contribution in [0.5, 0.6) is 17.2 Å². The van der Waals surface area contributed by atoms with Gasteiger partial charge in [0.2, 0.25) is 0 Å². The highest BCUT2D eigenvalue weighted by Crippen LogP contribution is 2.32. The Morgan fingerprint density at radius 3 is 2.57 bits per heavy atom. The minimum atomic E-state index is 0.673. The first-order valence-corrected chi connectivity index (χ1v) is 10.4. The summed E-state index contributed by atoms with van der Waals surface area (Å²) in [7, 11) is 3.37. The monoisotopic (exact) mass is 407 g/mol. The fraction of sp³-hybridized carbons (Fsp3) is 0.375. The van der Waals surface area contributed by atoms with Crippen LogP contribution >= 0.6 is 0 Å². The Labute approximate surface area is 178 Å². The van der Waals surface area contributed by atoms with Crippen LogP contribution in [0.2, 0.25) is 0 Å². The first kappa shape index (κ1) is 20.3. The lowest BCUT2D eigenvalue weighted by Gasteiger charge is -2.21. The molecule has 0 spiro atoms. The lowest BCUT2D eigenvalue weighted by atomic mass is 10.1. The van der Waals surface area contributed by atoms with E-state index >= 15 is 0 Å². The smallest absolute Gasteiger partial charge is 0.165 e. The van der Waals surface area contributed by atoms with Gasteiger partial charge < -0.3 is 14.2 Å². The van der Waals surface area contributed by atoms with Crippen molar-refractivity contribution in [2.75, 3.05) is 27.4 Å². The molecule has 0 aliphatic carbocycles. The zero-order valence-corrected chi connectivity index (χ0v) is 17.9. The molecule has 4 rings (SSSR count). The Bertz CT molecular complexity index is 982. The van der Waals surface area contributed by atoms with Crippen LogP contribution in [-0.2, 0) is 19.6 Å². The SMILES string of the molecule is CCOc1ccc(-c2cc3n(n2)CCCN(Cc2cccc(OC)c2OC)C3)cc1. The number of fused-ring (bicyclic) bond motifs is 1. The summed E-state index contributed by atoms with van der Waals surface area (Å²) in [5.41, 5.74) is 4.49. The minimum Gasteiger partial charge on any atom is -0.494 e. The fourth-order valence-electron chi connectivity index (χ4n) is 4.01. The van der Waals surface area contributed by atoms with Crippen LogP contribution in [0.1, 0.15) is 24.6 Å². The van der Waals surface area contributed by atoms with Crippen molar-refractivity contribution < 1.29 is 14.2 Å². The number of methoxy groups -OCH3 is 2. The summed E-state index contributed by atoms with van der Waals surface area (Å²) in [6.45, 7) is 6.27. The molecule has 0 saturated heterocycles. The van der Waals surface area contributed by atoms with Crippen molar-refractivity contribution in [3.8, 4) is 28.5 Å². The van der Waals surface area contributed by atoms with Crippen molar-refractivity contribution in [1.29, 1.82) is 0 Å². The molecule has 0 unspecified atom stereocenters. The van der Waals surface area contributed by atoms with Crippen LogP contribution in [0.4, 0.5) is 0 Å². The normalized spacial score (nSPS) is 14.1. The molecule has 30 heavy (non-hydrogen) atoms. The summed E-state index contributed by atoms with van der Waals surface area (Å²) < 4.78 is 18.8. The molecule has 1 aromatic heterocycles. The van der Waals surface area contributed by atoms with E-state index in [1.165, 1.54) is 5.69 Å². The molecule has 0 saturated carbocycles. The molecule has 2 aromatic carbocycles. The Hall–Kier alpha value is -2.99. The van der Waals surface area contributed by atoms with Crippen LogP contribution in [-0.4, -0.2) is 42.1 Å². The van der Waals surface area contributed by atoms with E-state index in [1.54, 1.807) is 14.2 Å². The van der Waals surface area contributed by atoms with E-state index in [0.717, 1.165) is 66.7 Å². The van der Waals surface area contributed by atoms with Crippen molar-refractivity contribution in [3.63, 3.8) is 0 Å². The third kappa shape index (κ3) is 4.28. The van der Waals surface area contributed by atoms with Gasteiger partial charge in [-0.2, -0.15) is 5.10 Å². The van der Waals surface area contributed by atoms with Gasteiger partial charge in [0.05, 0.1) is 32.2 Å². The van der Waals surface area contributed by atoms with Gasteiger partial charge in [0.1, 0.15) is 5.75 Å². The first-order valence-electron chi connectivity index (χ1n) is 10.4. The Balaban J connectivity index is 1.53. The maximum atomic E-state index is 5.62. The van der Waals surface area contributed by atoms with Gasteiger partial charge in [-0.3, -0.25) is 9.58 Å². The molecule has 0 fully saturated rings. The number of ether oxygens (including phenoxy) is 3. The predicted molar refractivity (Wildman–Crippen MR) is 117 cm³/mol. The highest BCUT2D eigenvalue weighted by molar-refractivity contribution is 5.60. The third-order valence-corrected chi connectivity index (χ3v) is 5.43. The third-order valence-electron chi connectivity index (χ3n) is 5.43. The van der Waals surface area contributed by atoms with Gasteiger partial charge in [0.25, 0.3) is 0 Å². The van der Waals surface area contributed by atoms with Crippen molar-refractivity contribution >= 4 is 0 Å². The van der Waals surface area contributed by atoms with Crippen LogP contribution in [0.3, 0.4) is 0 Å². The summed E-state index contributed by atoms with van der Waals surface area (Å²) in [6.07, 6.45) is 1.06. The van der Waals surface area contributed by atoms with E-state index in [1.807, 2.05) is 31.2 Å². The number of hydrogen-bond donors (Lipinski definition) is 0.